The van der Waals surface area contributed by atoms with Gasteiger partial charge in [0, 0.05) is 31.8 Å². The first kappa shape index (κ1) is 13.8. The third-order valence-corrected chi connectivity index (χ3v) is 3.65. The summed E-state index contributed by atoms with van der Waals surface area (Å²) in [6.45, 7) is 5.57. The number of amides is 1. The summed E-state index contributed by atoms with van der Waals surface area (Å²) in [4.78, 5) is 18.2. The van der Waals surface area contributed by atoms with Gasteiger partial charge in [0.05, 0.1) is 6.04 Å². The fraction of sp³-hybridized carbons (Fsp3) is 0.600. The molecule has 104 valence electrons. The van der Waals surface area contributed by atoms with Crippen molar-refractivity contribution >= 4 is 11.7 Å². The molecule has 0 saturated carbocycles. The van der Waals surface area contributed by atoms with Crippen LogP contribution in [0.25, 0.3) is 0 Å². The van der Waals surface area contributed by atoms with E-state index in [9.17, 15) is 4.79 Å². The molecule has 4 nitrogen and oxygen atoms in total. The molecule has 2 heterocycles. The second kappa shape index (κ2) is 6.55. The van der Waals surface area contributed by atoms with E-state index < -0.39 is 0 Å². The van der Waals surface area contributed by atoms with E-state index in [0.29, 0.717) is 0 Å². The van der Waals surface area contributed by atoms with E-state index in [1.807, 2.05) is 17.2 Å². The first-order valence-electron chi connectivity index (χ1n) is 7.20. The molecule has 4 heteroatoms. The van der Waals surface area contributed by atoms with Crippen LogP contribution < -0.4 is 5.32 Å². The number of carbonyl (C=O) groups excluding carboxylic acids is 1. The van der Waals surface area contributed by atoms with Crippen LogP contribution >= 0.6 is 0 Å². The fourth-order valence-corrected chi connectivity index (χ4v) is 2.71. The van der Waals surface area contributed by atoms with Gasteiger partial charge in [-0.2, -0.15) is 0 Å². The zero-order valence-corrected chi connectivity index (χ0v) is 11.9. The van der Waals surface area contributed by atoms with E-state index in [-0.39, 0.29) is 11.9 Å². The van der Waals surface area contributed by atoms with Crippen LogP contribution in [0.2, 0.25) is 0 Å². The van der Waals surface area contributed by atoms with Crippen molar-refractivity contribution in [2.45, 2.75) is 45.6 Å². The highest BCUT2D eigenvalue weighted by molar-refractivity contribution is 5.74. The molecular formula is C15H23N3O. The Bertz CT molecular complexity index is 433. The lowest BCUT2D eigenvalue weighted by molar-refractivity contribution is -0.132. The third kappa shape index (κ3) is 3.25. The molecule has 1 saturated heterocycles. The zero-order chi connectivity index (χ0) is 13.7. The average molecular weight is 261 g/mol. The summed E-state index contributed by atoms with van der Waals surface area (Å²) in [6.07, 6.45) is 6.19. The van der Waals surface area contributed by atoms with E-state index in [2.05, 4.69) is 23.3 Å². The van der Waals surface area contributed by atoms with E-state index in [4.69, 9.17) is 0 Å². The lowest BCUT2D eigenvalue weighted by atomic mass is 9.95. The number of rotatable bonds is 4. The Morgan fingerprint density at radius 2 is 2.37 bits per heavy atom. The maximum atomic E-state index is 11.8. The summed E-state index contributed by atoms with van der Waals surface area (Å²) in [5, 5.41) is 3.37. The van der Waals surface area contributed by atoms with Crippen molar-refractivity contribution in [2.24, 2.45) is 0 Å². The normalized spacial score (nSPS) is 19.3. The van der Waals surface area contributed by atoms with E-state index >= 15 is 0 Å². The molecule has 1 aliphatic rings. The molecule has 1 N–H and O–H groups in total. The molecule has 1 fully saturated rings. The highest BCUT2D eigenvalue weighted by Crippen LogP contribution is 2.34. The van der Waals surface area contributed by atoms with Crippen molar-refractivity contribution in [3.8, 4) is 0 Å². The highest BCUT2D eigenvalue weighted by Gasteiger charge is 2.27. The molecule has 0 aliphatic carbocycles. The van der Waals surface area contributed by atoms with Crippen molar-refractivity contribution in [3.05, 3.63) is 23.9 Å². The molecule has 0 radical (unpaired) electrons. The Labute approximate surface area is 115 Å². The molecular weight excluding hydrogens is 238 g/mol. The van der Waals surface area contributed by atoms with Crippen LogP contribution in [-0.2, 0) is 4.79 Å². The number of aromatic nitrogens is 1. The van der Waals surface area contributed by atoms with Crippen LogP contribution in [0.3, 0.4) is 0 Å². The topological polar surface area (TPSA) is 45.2 Å². The van der Waals surface area contributed by atoms with Crippen LogP contribution in [0, 0.1) is 0 Å². The van der Waals surface area contributed by atoms with Crippen LogP contribution in [0.1, 0.15) is 51.1 Å². The Morgan fingerprint density at radius 1 is 1.53 bits per heavy atom. The highest BCUT2D eigenvalue weighted by atomic mass is 16.2. The van der Waals surface area contributed by atoms with Gasteiger partial charge in [-0.1, -0.05) is 13.0 Å². The van der Waals surface area contributed by atoms with Crippen LogP contribution in [0.4, 0.5) is 5.82 Å². The summed E-state index contributed by atoms with van der Waals surface area (Å²) in [5.74, 6) is 1.09. The minimum atomic E-state index is 0.162. The smallest absolute Gasteiger partial charge is 0.219 e. The first-order valence-corrected chi connectivity index (χ1v) is 7.20. The number of nitrogens with one attached hydrogen (secondary N) is 1. The Hall–Kier alpha value is -1.58. The number of hydrogen-bond acceptors (Lipinski definition) is 3. The van der Waals surface area contributed by atoms with Gasteiger partial charge in [-0.3, -0.25) is 4.79 Å². The SMILES string of the molecule is CCCNc1ncccc1C1CCCCN1C(C)=O. The van der Waals surface area contributed by atoms with Crippen molar-refractivity contribution in [3.63, 3.8) is 0 Å². The number of carbonyl (C=O) groups is 1. The molecule has 0 aromatic carbocycles. The minimum absolute atomic E-state index is 0.162. The van der Waals surface area contributed by atoms with Crippen molar-refractivity contribution < 1.29 is 4.79 Å². The van der Waals surface area contributed by atoms with Crippen LogP contribution in [-0.4, -0.2) is 28.9 Å². The number of hydrogen-bond donors (Lipinski definition) is 1. The Balaban J connectivity index is 2.25. The first-order chi connectivity index (χ1) is 9.24. The molecule has 1 amide bonds. The fourth-order valence-electron chi connectivity index (χ4n) is 2.71. The predicted octanol–water partition coefficient (Wildman–Crippen LogP) is 2.98. The summed E-state index contributed by atoms with van der Waals surface area (Å²) in [5.41, 5.74) is 1.16. The number of likely N-dealkylation sites (tertiary alicyclic amines) is 1. The van der Waals surface area contributed by atoms with Gasteiger partial charge in [0.1, 0.15) is 5.82 Å². The predicted molar refractivity (Wildman–Crippen MR) is 77.0 cm³/mol. The lowest BCUT2D eigenvalue weighted by Crippen LogP contribution is -2.37. The molecule has 0 spiro atoms. The van der Waals surface area contributed by atoms with Gasteiger partial charge < -0.3 is 10.2 Å². The monoisotopic (exact) mass is 261 g/mol. The van der Waals surface area contributed by atoms with Crippen molar-refractivity contribution in [2.75, 3.05) is 18.4 Å². The molecule has 1 unspecified atom stereocenters. The molecule has 0 bridgehead atoms. The van der Waals surface area contributed by atoms with Gasteiger partial charge in [0.25, 0.3) is 0 Å². The van der Waals surface area contributed by atoms with E-state index in [1.165, 1.54) is 6.42 Å². The van der Waals surface area contributed by atoms with Crippen LogP contribution in [0.15, 0.2) is 18.3 Å². The largest absolute Gasteiger partial charge is 0.370 e. The second-order valence-corrected chi connectivity index (χ2v) is 5.09. The van der Waals surface area contributed by atoms with Gasteiger partial charge in [0.2, 0.25) is 5.91 Å². The quantitative estimate of drug-likeness (QED) is 0.906. The van der Waals surface area contributed by atoms with E-state index in [0.717, 1.165) is 43.7 Å². The standard InChI is InChI=1S/C15H23N3O/c1-3-9-16-15-13(7-6-10-17-15)14-8-4-5-11-18(14)12(2)19/h6-7,10,14H,3-5,8-9,11H2,1-2H3,(H,16,17). The maximum absolute atomic E-state index is 11.8. The van der Waals surface area contributed by atoms with Crippen LogP contribution in [0.5, 0.6) is 0 Å². The average Bonchev–Trinajstić information content (AvgIpc) is 2.45. The van der Waals surface area contributed by atoms with Crippen molar-refractivity contribution in [1.82, 2.24) is 9.88 Å². The molecule has 1 aromatic rings. The molecule has 1 atom stereocenters. The number of anilines is 1. The summed E-state index contributed by atoms with van der Waals surface area (Å²) < 4.78 is 0. The van der Waals surface area contributed by atoms with Crippen molar-refractivity contribution in [1.29, 1.82) is 0 Å². The van der Waals surface area contributed by atoms with Gasteiger partial charge in [-0.15, -0.1) is 0 Å². The second-order valence-electron chi connectivity index (χ2n) is 5.09. The van der Waals surface area contributed by atoms with Gasteiger partial charge in [0.15, 0.2) is 0 Å². The van der Waals surface area contributed by atoms with Gasteiger partial charge >= 0.3 is 0 Å². The zero-order valence-electron chi connectivity index (χ0n) is 11.9. The Kier molecular flexibility index (Phi) is 4.77. The summed E-state index contributed by atoms with van der Waals surface area (Å²) in [6, 6.07) is 4.23. The maximum Gasteiger partial charge on any atom is 0.219 e. The van der Waals surface area contributed by atoms with E-state index in [1.54, 1.807) is 6.92 Å². The molecule has 19 heavy (non-hydrogen) atoms. The molecule has 2 rings (SSSR count). The minimum Gasteiger partial charge on any atom is -0.370 e. The summed E-state index contributed by atoms with van der Waals surface area (Å²) in [7, 11) is 0. The summed E-state index contributed by atoms with van der Waals surface area (Å²) >= 11 is 0. The molecule has 1 aliphatic heterocycles. The van der Waals surface area contributed by atoms with Gasteiger partial charge in [-0.25, -0.2) is 4.98 Å². The Morgan fingerprint density at radius 3 is 3.11 bits per heavy atom. The van der Waals surface area contributed by atoms with Gasteiger partial charge in [-0.05, 0) is 31.7 Å². The number of nitrogens with zero attached hydrogens (tertiary/aromatic N) is 2. The third-order valence-electron chi connectivity index (χ3n) is 3.65. The number of pyridine rings is 1. The molecule has 1 aromatic heterocycles. The lowest BCUT2D eigenvalue weighted by Gasteiger charge is -2.36. The number of piperidine rings is 1.